The number of aliphatic hydroxyl groups excluding tert-OH is 1. The highest BCUT2D eigenvalue weighted by Gasteiger charge is 2.31. The fraction of sp³-hybridized carbons (Fsp3) is 0.958. The lowest BCUT2D eigenvalue weighted by Gasteiger charge is -2.21. The van der Waals surface area contributed by atoms with Gasteiger partial charge < -0.3 is 33.8 Å². The van der Waals surface area contributed by atoms with Crippen LogP contribution in [0.4, 0.5) is 0 Å². The van der Waals surface area contributed by atoms with Gasteiger partial charge in [0.15, 0.2) is 12.2 Å². The maximum absolute atomic E-state index is 13.2. The highest BCUT2D eigenvalue weighted by atomic mass is 31.2. The maximum Gasteiger partial charge on any atom is 0.472 e. The van der Waals surface area contributed by atoms with Gasteiger partial charge in [-0.05, 0) is 43.4 Å². The molecule has 0 bridgehead atoms. The molecular weight excluding hydrogens is 1470 g/mol. The number of ether oxygens (including phenoxy) is 4. The first-order chi connectivity index (χ1) is 55.3. The van der Waals surface area contributed by atoms with Crippen LogP contribution in [0.2, 0.25) is 0 Å². The first-order valence-corrected chi connectivity index (χ1v) is 51.9. The van der Waals surface area contributed by atoms with E-state index in [-0.39, 0.29) is 25.7 Å². The van der Waals surface area contributed by atoms with E-state index >= 15 is 0 Å². The highest BCUT2D eigenvalue weighted by molar-refractivity contribution is 7.47. The van der Waals surface area contributed by atoms with Crippen LogP contribution in [0.25, 0.3) is 0 Å². The zero-order valence-electron chi connectivity index (χ0n) is 75.6. The van der Waals surface area contributed by atoms with E-state index in [4.69, 9.17) is 37.0 Å². The number of rotatable bonds is 93. The normalized spacial score (nSPS) is 14.0. The van der Waals surface area contributed by atoms with Crippen LogP contribution >= 0.6 is 15.6 Å². The Morgan fingerprint density at radius 3 is 0.667 bits per heavy atom. The molecule has 0 amide bonds. The molecule has 6 atom stereocenters. The largest absolute Gasteiger partial charge is 0.472 e. The predicted octanol–water partition coefficient (Wildman–Crippen LogP) is 29.6. The third kappa shape index (κ3) is 86.4. The van der Waals surface area contributed by atoms with Crippen molar-refractivity contribution in [3.8, 4) is 0 Å². The van der Waals surface area contributed by atoms with Crippen molar-refractivity contribution in [2.24, 2.45) is 17.8 Å². The molecule has 0 aliphatic rings. The Morgan fingerprint density at radius 2 is 0.447 bits per heavy atom. The van der Waals surface area contributed by atoms with E-state index in [0.29, 0.717) is 25.7 Å². The van der Waals surface area contributed by atoms with Gasteiger partial charge in [-0.3, -0.25) is 37.3 Å². The van der Waals surface area contributed by atoms with E-state index in [1.54, 1.807) is 0 Å². The molecule has 0 saturated carbocycles. The lowest BCUT2D eigenvalue weighted by atomic mass is 9.99. The fourth-order valence-electron chi connectivity index (χ4n) is 14.9. The van der Waals surface area contributed by atoms with Crippen LogP contribution in [-0.2, 0) is 65.4 Å². The lowest BCUT2D eigenvalue weighted by molar-refractivity contribution is -0.161. The molecule has 0 radical (unpaired) electrons. The summed E-state index contributed by atoms with van der Waals surface area (Å²) in [5.41, 5.74) is 0. The molecule has 0 aromatic carbocycles. The van der Waals surface area contributed by atoms with Gasteiger partial charge in [0, 0.05) is 25.7 Å². The summed E-state index contributed by atoms with van der Waals surface area (Å²) in [7, 11) is -9.94. The van der Waals surface area contributed by atoms with Crippen LogP contribution in [0.3, 0.4) is 0 Å². The predicted molar refractivity (Wildman–Crippen MR) is 474 cm³/mol. The third-order valence-corrected chi connectivity index (χ3v) is 24.6. The van der Waals surface area contributed by atoms with Crippen LogP contribution in [-0.4, -0.2) is 96.7 Å². The van der Waals surface area contributed by atoms with Crippen LogP contribution in [0.1, 0.15) is 511 Å². The molecule has 0 aromatic rings. The molecular formula is C95H186O17P2. The van der Waals surface area contributed by atoms with E-state index in [1.165, 1.54) is 321 Å². The number of esters is 4. The average Bonchev–Trinajstić information content (AvgIpc) is 0.898. The van der Waals surface area contributed by atoms with Crippen molar-refractivity contribution in [1.29, 1.82) is 0 Å². The Labute approximate surface area is 702 Å². The standard InChI is InChI=1S/C95H186O17P2/c1-8-10-11-12-13-14-48-55-62-69-76-92(97)105-82-90(111-94(99)78-71-64-57-50-43-37-31-25-19-16-22-28-34-40-46-53-60-67-74-87(5)6)84-109-113(101,102)107-80-89(96)81-108-114(103,104)110-85-91(83-106-93(98)77-70-63-56-49-42-36-30-24-18-15-21-27-33-39-45-52-59-66-73-86(3)4)112-95(100)79-72-65-58-51-44-38-32-26-20-17-23-29-35-41-47-54-61-68-75-88(7)9-2/h86-91,96H,8-85H2,1-7H3,(H,101,102)(H,103,104)/t88?,89-,90+,91+/m0/s1. The molecule has 678 valence electrons. The van der Waals surface area contributed by atoms with Gasteiger partial charge in [-0.1, -0.05) is 459 Å². The van der Waals surface area contributed by atoms with Gasteiger partial charge in [0.2, 0.25) is 0 Å². The molecule has 0 aromatic heterocycles. The van der Waals surface area contributed by atoms with Gasteiger partial charge in [0.1, 0.15) is 19.3 Å². The number of hydrogen-bond donors (Lipinski definition) is 3. The summed E-state index contributed by atoms with van der Waals surface area (Å²) in [6.45, 7) is 12.2. The van der Waals surface area contributed by atoms with E-state index in [9.17, 15) is 43.2 Å². The summed E-state index contributed by atoms with van der Waals surface area (Å²) in [6.07, 6.45) is 79.3. The Balaban J connectivity index is 5.20. The number of aliphatic hydroxyl groups is 1. The van der Waals surface area contributed by atoms with E-state index in [2.05, 4.69) is 48.5 Å². The summed E-state index contributed by atoms with van der Waals surface area (Å²) in [5, 5.41) is 10.7. The number of unbranched alkanes of at least 4 members (excludes halogenated alkanes) is 60. The SMILES string of the molecule is CCCCCCCCCCCCC(=O)OC[C@H](COP(=O)(O)OC[C@H](O)COP(=O)(O)OC[C@@H](COC(=O)CCCCCCCCCCCCCCCCCCCCC(C)C)OC(=O)CCCCCCCCCCCCCCCCCCCCC(C)CC)OC(=O)CCCCCCCCCCCCCCCCCCCCC(C)C. The Hall–Kier alpha value is -1.94. The zero-order chi connectivity index (χ0) is 83.6. The minimum absolute atomic E-state index is 0.109. The number of carbonyl (C=O) groups is 4. The first kappa shape index (κ1) is 112. The second-order valence-electron chi connectivity index (χ2n) is 35.3. The Kier molecular flexibility index (Phi) is 83.2. The van der Waals surface area contributed by atoms with Gasteiger partial charge in [0.05, 0.1) is 26.4 Å². The number of hydrogen-bond acceptors (Lipinski definition) is 15. The van der Waals surface area contributed by atoms with Crippen LogP contribution in [0.15, 0.2) is 0 Å². The van der Waals surface area contributed by atoms with Crippen molar-refractivity contribution >= 4 is 39.5 Å². The molecule has 0 heterocycles. The molecule has 114 heavy (non-hydrogen) atoms. The first-order valence-electron chi connectivity index (χ1n) is 48.9. The molecule has 0 fully saturated rings. The molecule has 3 N–H and O–H groups in total. The van der Waals surface area contributed by atoms with Crippen LogP contribution in [0, 0.1) is 17.8 Å². The second-order valence-corrected chi connectivity index (χ2v) is 38.2. The number of phosphoric ester groups is 2. The van der Waals surface area contributed by atoms with Crippen LogP contribution in [0.5, 0.6) is 0 Å². The van der Waals surface area contributed by atoms with Gasteiger partial charge >= 0.3 is 39.5 Å². The minimum atomic E-state index is -4.97. The summed E-state index contributed by atoms with van der Waals surface area (Å²) in [4.78, 5) is 73.5. The Morgan fingerprint density at radius 1 is 0.254 bits per heavy atom. The molecule has 0 saturated heterocycles. The van der Waals surface area contributed by atoms with E-state index < -0.39 is 97.5 Å². The average molecular weight is 1660 g/mol. The maximum atomic E-state index is 13.2. The van der Waals surface area contributed by atoms with Gasteiger partial charge in [0.25, 0.3) is 0 Å². The summed E-state index contributed by atoms with van der Waals surface area (Å²) in [6, 6.07) is 0. The minimum Gasteiger partial charge on any atom is -0.462 e. The number of carbonyl (C=O) groups excluding carboxylic acids is 4. The molecule has 19 heteroatoms. The summed E-state index contributed by atoms with van der Waals surface area (Å²) in [5.74, 6) is 0.421. The third-order valence-electron chi connectivity index (χ3n) is 22.7. The molecule has 0 spiro atoms. The summed E-state index contributed by atoms with van der Waals surface area (Å²) >= 11 is 0. The Bertz CT molecular complexity index is 2190. The second kappa shape index (κ2) is 84.7. The fourth-order valence-corrected chi connectivity index (χ4v) is 16.5. The van der Waals surface area contributed by atoms with Gasteiger partial charge in [-0.15, -0.1) is 0 Å². The van der Waals surface area contributed by atoms with E-state index in [1.807, 2.05) is 0 Å². The molecule has 0 rings (SSSR count). The quantitative estimate of drug-likeness (QED) is 0.0222. The van der Waals surface area contributed by atoms with Crippen molar-refractivity contribution in [3.63, 3.8) is 0 Å². The van der Waals surface area contributed by atoms with Crippen LogP contribution < -0.4 is 0 Å². The van der Waals surface area contributed by atoms with Crippen molar-refractivity contribution in [3.05, 3.63) is 0 Å². The molecule has 3 unspecified atom stereocenters. The van der Waals surface area contributed by atoms with Crippen molar-refractivity contribution in [2.75, 3.05) is 39.6 Å². The number of phosphoric acid groups is 2. The van der Waals surface area contributed by atoms with Crippen molar-refractivity contribution in [1.82, 2.24) is 0 Å². The van der Waals surface area contributed by atoms with Gasteiger partial charge in [-0.2, -0.15) is 0 Å². The molecule has 17 nitrogen and oxygen atoms in total. The zero-order valence-corrected chi connectivity index (χ0v) is 77.4. The summed E-state index contributed by atoms with van der Waals surface area (Å²) < 4.78 is 69.1. The van der Waals surface area contributed by atoms with Gasteiger partial charge in [-0.25, -0.2) is 9.13 Å². The topological polar surface area (TPSA) is 237 Å². The van der Waals surface area contributed by atoms with Crippen molar-refractivity contribution in [2.45, 2.75) is 529 Å². The highest BCUT2D eigenvalue weighted by Crippen LogP contribution is 2.45. The lowest BCUT2D eigenvalue weighted by Crippen LogP contribution is -2.30. The smallest absolute Gasteiger partial charge is 0.462 e. The molecule has 0 aliphatic carbocycles. The monoisotopic (exact) mass is 1660 g/mol. The molecule has 0 aliphatic heterocycles. The van der Waals surface area contributed by atoms with Crippen molar-refractivity contribution < 1.29 is 80.2 Å². The van der Waals surface area contributed by atoms with E-state index in [0.717, 1.165) is 108 Å².